The molecule has 1 N–H and O–H groups in total. The molecule has 2 aromatic rings. The third-order valence-electron chi connectivity index (χ3n) is 4.74. The summed E-state index contributed by atoms with van der Waals surface area (Å²) in [5.41, 5.74) is 2.13. The first-order valence-corrected chi connectivity index (χ1v) is 11.0. The van der Waals surface area contributed by atoms with Gasteiger partial charge in [-0.05, 0) is 73.5 Å². The molecule has 0 aromatic heterocycles. The molecule has 0 spiro atoms. The Labute approximate surface area is 190 Å². The molecular formula is C23H23ClN2O4S. The van der Waals surface area contributed by atoms with Crippen LogP contribution in [0, 0.1) is 6.92 Å². The van der Waals surface area contributed by atoms with Crippen LogP contribution in [0.5, 0.6) is 5.75 Å². The van der Waals surface area contributed by atoms with Gasteiger partial charge in [-0.1, -0.05) is 36.7 Å². The van der Waals surface area contributed by atoms with Crippen molar-refractivity contribution in [1.82, 2.24) is 4.90 Å². The summed E-state index contributed by atoms with van der Waals surface area (Å²) in [4.78, 5) is 38.6. The van der Waals surface area contributed by atoms with Gasteiger partial charge in [-0.3, -0.25) is 19.3 Å². The number of imide groups is 1. The standard InChI is InChI=1S/C23H23ClN2O4S/c1-4-15(3)30-18-9-6-16(7-10-18)11-20-22(28)26(23(29)31-20)13-21(27)25-19-12-17(24)8-5-14(19)2/h5-12,15H,4,13H2,1-3H3,(H,25,27)/b20-11-/t15-/m1/s1. The summed E-state index contributed by atoms with van der Waals surface area (Å²) in [5.74, 6) is -0.221. The fourth-order valence-corrected chi connectivity index (χ4v) is 3.82. The predicted octanol–water partition coefficient (Wildman–Crippen LogP) is 5.50. The van der Waals surface area contributed by atoms with E-state index in [0.29, 0.717) is 10.7 Å². The summed E-state index contributed by atoms with van der Waals surface area (Å²) in [6.45, 7) is 5.50. The third kappa shape index (κ3) is 5.89. The topological polar surface area (TPSA) is 75.7 Å². The van der Waals surface area contributed by atoms with Gasteiger partial charge in [-0.15, -0.1) is 0 Å². The van der Waals surface area contributed by atoms with Gasteiger partial charge in [0.05, 0.1) is 11.0 Å². The third-order valence-corrected chi connectivity index (χ3v) is 5.88. The second-order valence-corrected chi connectivity index (χ2v) is 8.61. The molecule has 1 aliphatic rings. The smallest absolute Gasteiger partial charge is 0.294 e. The molecule has 1 fully saturated rings. The molecule has 2 aromatic carbocycles. The number of carbonyl (C=O) groups is 3. The fraction of sp³-hybridized carbons (Fsp3) is 0.261. The minimum atomic E-state index is -0.493. The lowest BCUT2D eigenvalue weighted by Crippen LogP contribution is -2.36. The van der Waals surface area contributed by atoms with Crippen LogP contribution >= 0.6 is 23.4 Å². The first-order chi connectivity index (χ1) is 14.8. The Hall–Kier alpha value is -2.77. The minimum absolute atomic E-state index is 0.115. The van der Waals surface area contributed by atoms with E-state index in [-0.39, 0.29) is 17.6 Å². The van der Waals surface area contributed by atoms with Crippen molar-refractivity contribution in [1.29, 1.82) is 0 Å². The van der Waals surface area contributed by atoms with Gasteiger partial charge in [0.15, 0.2) is 0 Å². The second-order valence-electron chi connectivity index (χ2n) is 7.18. The van der Waals surface area contributed by atoms with Gasteiger partial charge >= 0.3 is 0 Å². The summed E-state index contributed by atoms with van der Waals surface area (Å²) >= 11 is 6.78. The van der Waals surface area contributed by atoms with Crippen LogP contribution in [0.3, 0.4) is 0 Å². The number of thioether (sulfide) groups is 1. The van der Waals surface area contributed by atoms with Crippen LogP contribution in [0.2, 0.25) is 5.02 Å². The molecule has 6 nitrogen and oxygen atoms in total. The molecule has 1 saturated heterocycles. The highest BCUT2D eigenvalue weighted by Gasteiger charge is 2.36. The van der Waals surface area contributed by atoms with Crippen LogP contribution in [0.4, 0.5) is 10.5 Å². The molecule has 1 atom stereocenters. The molecule has 0 unspecified atom stereocenters. The van der Waals surface area contributed by atoms with Crippen LogP contribution in [-0.4, -0.2) is 34.6 Å². The Balaban J connectivity index is 1.66. The number of nitrogens with zero attached hydrogens (tertiary/aromatic N) is 1. The summed E-state index contributed by atoms with van der Waals surface area (Å²) in [6.07, 6.45) is 2.65. The van der Waals surface area contributed by atoms with Crippen molar-refractivity contribution in [3.05, 3.63) is 63.5 Å². The van der Waals surface area contributed by atoms with Crippen LogP contribution in [0.25, 0.3) is 6.08 Å². The number of nitrogens with one attached hydrogen (secondary N) is 1. The maximum absolute atomic E-state index is 12.7. The Morgan fingerprint density at radius 2 is 1.94 bits per heavy atom. The van der Waals surface area contributed by atoms with Crippen molar-refractivity contribution in [2.24, 2.45) is 0 Å². The van der Waals surface area contributed by atoms with Crippen LogP contribution in [0.1, 0.15) is 31.4 Å². The minimum Gasteiger partial charge on any atom is -0.491 e. The molecular weight excluding hydrogens is 436 g/mol. The first kappa shape index (κ1) is 22.9. The number of carbonyl (C=O) groups excluding carboxylic acids is 3. The number of hydrogen-bond acceptors (Lipinski definition) is 5. The first-order valence-electron chi connectivity index (χ1n) is 9.85. The molecule has 0 aliphatic carbocycles. The highest BCUT2D eigenvalue weighted by atomic mass is 35.5. The Morgan fingerprint density at radius 1 is 1.23 bits per heavy atom. The summed E-state index contributed by atoms with van der Waals surface area (Å²) in [7, 11) is 0. The highest BCUT2D eigenvalue weighted by Crippen LogP contribution is 2.32. The zero-order valence-electron chi connectivity index (χ0n) is 17.5. The SMILES string of the molecule is CC[C@@H](C)Oc1ccc(/C=C2\SC(=O)N(CC(=O)Nc3cc(Cl)ccc3C)C2=O)cc1. The number of amides is 3. The lowest BCUT2D eigenvalue weighted by Gasteiger charge is -2.14. The number of anilines is 1. The lowest BCUT2D eigenvalue weighted by molar-refractivity contribution is -0.127. The van der Waals surface area contributed by atoms with Gasteiger partial charge in [0.25, 0.3) is 11.1 Å². The Bertz CT molecular complexity index is 1040. The molecule has 3 amide bonds. The van der Waals surface area contributed by atoms with Crippen molar-refractivity contribution in [3.8, 4) is 5.75 Å². The molecule has 0 radical (unpaired) electrons. The van der Waals surface area contributed by atoms with Gasteiger partial charge in [0.2, 0.25) is 5.91 Å². The number of ether oxygens (including phenoxy) is 1. The summed E-state index contributed by atoms with van der Waals surface area (Å²) in [6, 6.07) is 12.4. The summed E-state index contributed by atoms with van der Waals surface area (Å²) < 4.78 is 5.74. The van der Waals surface area contributed by atoms with Crippen molar-refractivity contribution in [2.45, 2.75) is 33.3 Å². The van der Waals surface area contributed by atoms with Crippen LogP contribution in [0.15, 0.2) is 47.4 Å². The largest absolute Gasteiger partial charge is 0.491 e. The normalized spacial score (nSPS) is 16.0. The van der Waals surface area contributed by atoms with E-state index in [1.54, 1.807) is 24.3 Å². The molecule has 0 bridgehead atoms. The van der Waals surface area contributed by atoms with E-state index in [1.807, 2.05) is 45.0 Å². The summed E-state index contributed by atoms with van der Waals surface area (Å²) in [5, 5.41) is 2.70. The number of rotatable bonds is 7. The fourth-order valence-electron chi connectivity index (χ4n) is 2.81. The van der Waals surface area contributed by atoms with E-state index in [0.717, 1.165) is 40.0 Å². The lowest BCUT2D eigenvalue weighted by atomic mass is 10.2. The van der Waals surface area contributed by atoms with Gasteiger partial charge in [-0.25, -0.2) is 0 Å². The van der Waals surface area contributed by atoms with Crippen molar-refractivity contribution >= 4 is 52.2 Å². The number of hydrogen-bond donors (Lipinski definition) is 1. The van der Waals surface area contributed by atoms with Crippen LogP contribution in [-0.2, 0) is 9.59 Å². The van der Waals surface area contributed by atoms with E-state index < -0.39 is 17.1 Å². The monoisotopic (exact) mass is 458 g/mol. The van der Waals surface area contributed by atoms with Crippen LogP contribution < -0.4 is 10.1 Å². The number of benzene rings is 2. The number of aryl methyl sites for hydroxylation is 1. The van der Waals surface area contributed by atoms with Gasteiger partial charge in [0, 0.05) is 10.7 Å². The molecule has 0 saturated carbocycles. The Kier molecular flexibility index (Phi) is 7.41. The highest BCUT2D eigenvalue weighted by molar-refractivity contribution is 8.18. The molecule has 1 aliphatic heterocycles. The number of halogens is 1. The van der Waals surface area contributed by atoms with E-state index in [4.69, 9.17) is 16.3 Å². The van der Waals surface area contributed by atoms with Gasteiger partial charge in [-0.2, -0.15) is 0 Å². The average Bonchev–Trinajstić information content (AvgIpc) is 2.99. The molecule has 1 heterocycles. The van der Waals surface area contributed by atoms with Crippen molar-refractivity contribution in [3.63, 3.8) is 0 Å². The van der Waals surface area contributed by atoms with E-state index >= 15 is 0 Å². The van der Waals surface area contributed by atoms with Gasteiger partial charge < -0.3 is 10.1 Å². The van der Waals surface area contributed by atoms with Crippen molar-refractivity contribution < 1.29 is 19.1 Å². The molecule has 31 heavy (non-hydrogen) atoms. The Morgan fingerprint density at radius 3 is 2.61 bits per heavy atom. The van der Waals surface area contributed by atoms with Gasteiger partial charge in [0.1, 0.15) is 12.3 Å². The maximum Gasteiger partial charge on any atom is 0.294 e. The molecule has 162 valence electrons. The second kappa shape index (κ2) is 10.0. The molecule has 8 heteroatoms. The van der Waals surface area contributed by atoms with E-state index in [1.165, 1.54) is 0 Å². The average molecular weight is 459 g/mol. The zero-order valence-corrected chi connectivity index (χ0v) is 19.0. The molecule has 3 rings (SSSR count). The zero-order chi connectivity index (χ0) is 22.5. The van der Waals surface area contributed by atoms with Crippen molar-refractivity contribution in [2.75, 3.05) is 11.9 Å². The van der Waals surface area contributed by atoms with E-state index in [9.17, 15) is 14.4 Å². The quantitative estimate of drug-likeness (QED) is 0.554. The van der Waals surface area contributed by atoms with E-state index in [2.05, 4.69) is 5.32 Å². The maximum atomic E-state index is 12.7. The predicted molar refractivity (Wildman–Crippen MR) is 124 cm³/mol.